The lowest BCUT2D eigenvalue weighted by Gasteiger charge is -2.15. The average Bonchev–Trinajstić information content (AvgIpc) is 3.09. The number of ketones is 1. The lowest BCUT2D eigenvalue weighted by Crippen LogP contribution is -2.23. The second-order valence-corrected chi connectivity index (χ2v) is 7.17. The van der Waals surface area contributed by atoms with Crippen molar-refractivity contribution in [3.63, 3.8) is 0 Å². The van der Waals surface area contributed by atoms with Gasteiger partial charge >= 0.3 is 5.69 Å². The van der Waals surface area contributed by atoms with Crippen molar-refractivity contribution in [1.29, 1.82) is 0 Å². The van der Waals surface area contributed by atoms with Crippen LogP contribution in [0.5, 0.6) is 11.5 Å². The van der Waals surface area contributed by atoms with Crippen LogP contribution in [-0.4, -0.2) is 51.7 Å². The van der Waals surface area contributed by atoms with Gasteiger partial charge in [0.2, 0.25) is 0 Å². The Bertz CT molecular complexity index is 1180. The summed E-state index contributed by atoms with van der Waals surface area (Å²) in [5.74, 6) is 1.10. The first-order chi connectivity index (χ1) is 14.8. The molecule has 0 aliphatic carbocycles. The molecule has 0 aliphatic rings. The summed E-state index contributed by atoms with van der Waals surface area (Å²) in [5.41, 5.74) is 2.19. The van der Waals surface area contributed by atoms with Gasteiger partial charge in [-0.05, 0) is 53.2 Å². The summed E-state index contributed by atoms with van der Waals surface area (Å²) in [7, 11) is 6.79. The Morgan fingerprint density at radius 2 is 1.94 bits per heavy atom. The topological polar surface area (TPSA) is 91.5 Å². The van der Waals surface area contributed by atoms with Gasteiger partial charge in [-0.1, -0.05) is 6.07 Å². The summed E-state index contributed by atoms with van der Waals surface area (Å²) in [6.45, 7) is 2.01. The number of carbonyl (C=O) groups excluding carboxylic acids is 1. The second-order valence-electron chi connectivity index (χ2n) is 7.17. The number of benzene rings is 2. The Labute approximate surface area is 180 Å². The predicted molar refractivity (Wildman–Crippen MR) is 116 cm³/mol. The van der Waals surface area contributed by atoms with Gasteiger partial charge in [-0.3, -0.25) is 4.79 Å². The minimum absolute atomic E-state index is 0.0857. The first-order valence-electron chi connectivity index (χ1n) is 9.59. The zero-order valence-corrected chi connectivity index (χ0v) is 18.2. The molecule has 3 rings (SSSR count). The number of aryl methyl sites for hydroxylation is 2. The molecule has 0 spiro atoms. The lowest BCUT2D eigenvalue weighted by molar-refractivity contribution is 0.104. The molecule has 0 unspecified atom stereocenters. The van der Waals surface area contributed by atoms with E-state index in [0.717, 1.165) is 10.2 Å². The smallest absolute Gasteiger partial charge is 0.368 e. The zero-order chi connectivity index (χ0) is 22.5. The molecule has 0 N–H and O–H groups in total. The van der Waals surface area contributed by atoms with E-state index in [2.05, 4.69) is 10.4 Å². The van der Waals surface area contributed by atoms with Crippen LogP contribution in [0.25, 0.3) is 5.69 Å². The number of allylic oxidation sites excluding steroid dienone is 1. The van der Waals surface area contributed by atoms with Gasteiger partial charge in [0.25, 0.3) is 0 Å². The van der Waals surface area contributed by atoms with Gasteiger partial charge in [-0.2, -0.15) is 9.36 Å². The molecule has 9 nitrogen and oxygen atoms in total. The van der Waals surface area contributed by atoms with Crippen LogP contribution in [0.1, 0.15) is 21.5 Å². The quantitative estimate of drug-likeness (QED) is 0.405. The van der Waals surface area contributed by atoms with E-state index in [0.29, 0.717) is 28.3 Å². The molecule has 162 valence electrons. The number of aromatic nitrogens is 4. The summed E-state index contributed by atoms with van der Waals surface area (Å²) >= 11 is 0. The number of hydrogen-bond donors (Lipinski definition) is 0. The summed E-state index contributed by atoms with van der Waals surface area (Å²) in [4.78, 5) is 26.4. The van der Waals surface area contributed by atoms with Gasteiger partial charge in [-0.25, -0.2) is 4.79 Å². The highest BCUT2D eigenvalue weighted by Crippen LogP contribution is 2.27. The van der Waals surface area contributed by atoms with E-state index >= 15 is 0 Å². The fourth-order valence-electron chi connectivity index (χ4n) is 2.98. The second kappa shape index (κ2) is 9.29. The number of carbonyl (C=O) groups is 1. The maximum Gasteiger partial charge on any atom is 0.368 e. The Kier molecular flexibility index (Phi) is 6.54. The van der Waals surface area contributed by atoms with E-state index in [1.54, 1.807) is 54.6 Å². The molecule has 1 aromatic heterocycles. The average molecular weight is 423 g/mol. The Morgan fingerprint density at radius 3 is 2.55 bits per heavy atom. The van der Waals surface area contributed by atoms with E-state index in [1.807, 2.05) is 21.0 Å². The third-order valence-electron chi connectivity index (χ3n) is 4.63. The lowest BCUT2D eigenvalue weighted by atomic mass is 10.1. The largest absolute Gasteiger partial charge is 0.496 e. The van der Waals surface area contributed by atoms with Crippen LogP contribution in [0.4, 0.5) is 0 Å². The van der Waals surface area contributed by atoms with Crippen molar-refractivity contribution in [2.45, 2.75) is 13.5 Å². The van der Waals surface area contributed by atoms with Crippen LogP contribution in [0.3, 0.4) is 0 Å². The molecule has 2 aromatic carbocycles. The molecule has 0 saturated carbocycles. The molecule has 31 heavy (non-hydrogen) atoms. The number of ether oxygens (including phenoxy) is 2. The zero-order valence-electron chi connectivity index (χ0n) is 18.2. The summed E-state index contributed by atoms with van der Waals surface area (Å²) in [5, 5.41) is 7.68. The maximum atomic E-state index is 12.3. The fraction of sp³-hybridized carbons (Fsp3) is 0.273. The fourth-order valence-corrected chi connectivity index (χ4v) is 2.98. The van der Waals surface area contributed by atoms with Crippen molar-refractivity contribution >= 4 is 5.78 Å². The Balaban J connectivity index is 1.87. The molecule has 0 radical (unpaired) electrons. The van der Waals surface area contributed by atoms with Crippen LogP contribution in [0, 0.1) is 6.92 Å². The van der Waals surface area contributed by atoms with E-state index in [-0.39, 0.29) is 18.1 Å². The standard InChI is InChI=1S/C22H25N5O4/c1-15-13-16(19(28)11-12-25(2)3)9-10-20(15)31-14-17-18(7-6-8-21(17)30-5)27-22(29)26(4)23-24-27/h6-13H,14H2,1-5H3/b12-11+. The molecule has 3 aromatic rings. The summed E-state index contributed by atoms with van der Waals surface area (Å²) in [6, 6.07) is 10.6. The number of nitrogens with zero attached hydrogens (tertiary/aromatic N) is 5. The SMILES string of the molecule is COc1cccc(-n2nnn(C)c2=O)c1COc1ccc(C(=O)/C=C/N(C)C)cc1C. The monoisotopic (exact) mass is 423 g/mol. The minimum Gasteiger partial charge on any atom is -0.496 e. The Hall–Kier alpha value is -3.88. The molecule has 0 amide bonds. The van der Waals surface area contributed by atoms with Crippen LogP contribution in [-0.2, 0) is 13.7 Å². The van der Waals surface area contributed by atoms with E-state index < -0.39 is 0 Å². The van der Waals surface area contributed by atoms with Crippen LogP contribution in [0.2, 0.25) is 0 Å². The minimum atomic E-state index is -0.376. The summed E-state index contributed by atoms with van der Waals surface area (Å²) in [6.07, 6.45) is 3.23. The van der Waals surface area contributed by atoms with Crippen LogP contribution < -0.4 is 15.2 Å². The predicted octanol–water partition coefficient (Wildman–Crippen LogP) is 2.12. The number of methoxy groups -OCH3 is 1. The molecule has 0 aliphatic heterocycles. The number of tetrazole rings is 1. The molecular formula is C22H25N5O4. The van der Waals surface area contributed by atoms with Crippen molar-refractivity contribution in [2.75, 3.05) is 21.2 Å². The van der Waals surface area contributed by atoms with Gasteiger partial charge in [0, 0.05) is 39.0 Å². The molecule has 0 saturated heterocycles. The van der Waals surface area contributed by atoms with Crippen molar-refractivity contribution < 1.29 is 14.3 Å². The van der Waals surface area contributed by atoms with Crippen LogP contribution in [0.15, 0.2) is 53.5 Å². The molecular weight excluding hydrogens is 398 g/mol. The van der Waals surface area contributed by atoms with Gasteiger partial charge in [-0.15, -0.1) is 0 Å². The molecule has 1 heterocycles. The maximum absolute atomic E-state index is 12.3. The molecule has 9 heteroatoms. The van der Waals surface area contributed by atoms with Crippen LogP contribution >= 0.6 is 0 Å². The molecule has 0 atom stereocenters. The van der Waals surface area contributed by atoms with E-state index in [9.17, 15) is 9.59 Å². The van der Waals surface area contributed by atoms with Gasteiger partial charge in [0.1, 0.15) is 18.1 Å². The highest BCUT2D eigenvalue weighted by atomic mass is 16.5. The van der Waals surface area contributed by atoms with E-state index in [4.69, 9.17) is 9.47 Å². The van der Waals surface area contributed by atoms with E-state index in [1.165, 1.54) is 17.8 Å². The van der Waals surface area contributed by atoms with Gasteiger partial charge < -0.3 is 14.4 Å². The van der Waals surface area contributed by atoms with Crippen molar-refractivity contribution in [3.05, 3.63) is 75.8 Å². The first-order valence-corrected chi connectivity index (χ1v) is 9.59. The number of hydrogen-bond acceptors (Lipinski definition) is 7. The van der Waals surface area contributed by atoms with Gasteiger partial charge in [0.05, 0.1) is 18.4 Å². The summed E-state index contributed by atoms with van der Waals surface area (Å²) < 4.78 is 13.8. The third-order valence-corrected chi connectivity index (χ3v) is 4.63. The Morgan fingerprint density at radius 1 is 1.16 bits per heavy atom. The highest BCUT2D eigenvalue weighted by molar-refractivity contribution is 6.04. The third kappa shape index (κ3) is 4.82. The number of rotatable bonds is 8. The molecule has 0 bridgehead atoms. The van der Waals surface area contributed by atoms with Crippen molar-refractivity contribution in [1.82, 2.24) is 24.7 Å². The van der Waals surface area contributed by atoms with Crippen molar-refractivity contribution in [3.8, 4) is 17.2 Å². The molecule has 0 fully saturated rings. The highest BCUT2D eigenvalue weighted by Gasteiger charge is 2.16. The van der Waals surface area contributed by atoms with Crippen molar-refractivity contribution in [2.24, 2.45) is 7.05 Å². The van der Waals surface area contributed by atoms with Gasteiger partial charge in [0.15, 0.2) is 5.78 Å². The normalized spacial score (nSPS) is 11.0. The first kappa shape index (κ1) is 21.8.